The number of hydrogen-bond acceptors (Lipinski definition) is 7. The largest absolute Gasteiger partial charge is 0.324 e. The maximum absolute atomic E-state index is 12.8. The number of rotatable bonds is 7. The van der Waals surface area contributed by atoms with Crippen LogP contribution >= 0.6 is 0 Å². The van der Waals surface area contributed by atoms with Crippen LogP contribution in [0.3, 0.4) is 0 Å². The molecule has 2 aromatic rings. The van der Waals surface area contributed by atoms with Gasteiger partial charge in [-0.25, -0.2) is 8.42 Å². The lowest BCUT2D eigenvalue weighted by atomic mass is 10.1. The van der Waals surface area contributed by atoms with E-state index < -0.39 is 31.8 Å². The van der Waals surface area contributed by atoms with Crippen molar-refractivity contribution in [1.82, 2.24) is 0 Å². The molecular formula is C18H20N4O7S. The number of sulfonamides is 1. The number of nitro groups is 2. The summed E-state index contributed by atoms with van der Waals surface area (Å²) in [5.41, 5.74) is 0.538. The highest BCUT2D eigenvalue weighted by Gasteiger charge is 2.31. The van der Waals surface area contributed by atoms with Gasteiger partial charge in [-0.3, -0.25) is 29.3 Å². The number of anilines is 2. The monoisotopic (exact) mass is 436 g/mol. The Kier molecular flexibility index (Phi) is 6.41. The summed E-state index contributed by atoms with van der Waals surface area (Å²) in [5.74, 6) is -0.755. The summed E-state index contributed by atoms with van der Waals surface area (Å²) >= 11 is 0. The number of carbonyl (C=O) groups is 1. The Morgan fingerprint density at radius 3 is 2.00 bits per heavy atom. The minimum absolute atomic E-state index is 0.00915. The summed E-state index contributed by atoms with van der Waals surface area (Å²) < 4.78 is 25.7. The summed E-state index contributed by atoms with van der Waals surface area (Å²) in [6, 6.07) is 6.32. The van der Waals surface area contributed by atoms with E-state index in [1.165, 1.54) is 37.3 Å². The lowest BCUT2D eigenvalue weighted by Crippen LogP contribution is -2.45. The molecule has 0 spiro atoms. The second-order valence-electron chi connectivity index (χ2n) is 6.71. The highest BCUT2D eigenvalue weighted by atomic mass is 32.2. The molecule has 1 N–H and O–H groups in total. The van der Waals surface area contributed by atoms with Crippen molar-refractivity contribution in [1.29, 1.82) is 0 Å². The molecule has 0 unspecified atom stereocenters. The summed E-state index contributed by atoms with van der Waals surface area (Å²) in [6.07, 6.45) is 0.883. The molecule has 0 saturated heterocycles. The van der Waals surface area contributed by atoms with E-state index in [1.807, 2.05) is 0 Å². The zero-order chi connectivity index (χ0) is 22.8. The van der Waals surface area contributed by atoms with E-state index in [2.05, 4.69) is 5.32 Å². The first kappa shape index (κ1) is 22.7. The molecule has 0 aliphatic rings. The maximum Gasteiger partial charge on any atom is 0.271 e. The van der Waals surface area contributed by atoms with E-state index in [9.17, 15) is 33.4 Å². The number of benzene rings is 2. The minimum atomic E-state index is -4.01. The van der Waals surface area contributed by atoms with Crippen molar-refractivity contribution in [3.8, 4) is 0 Å². The second-order valence-corrected chi connectivity index (χ2v) is 8.57. The highest BCUT2D eigenvalue weighted by Crippen LogP contribution is 2.30. The van der Waals surface area contributed by atoms with Gasteiger partial charge in [0.1, 0.15) is 6.04 Å². The van der Waals surface area contributed by atoms with Crippen LogP contribution in [0, 0.1) is 34.1 Å². The van der Waals surface area contributed by atoms with Crippen molar-refractivity contribution in [2.45, 2.75) is 26.8 Å². The van der Waals surface area contributed by atoms with E-state index in [1.54, 1.807) is 13.8 Å². The number of nitrogens with zero attached hydrogens (tertiary/aromatic N) is 3. The van der Waals surface area contributed by atoms with Crippen molar-refractivity contribution < 1.29 is 23.1 Å². The van der Waals surface area contributed by atoms with Gasteiger partial charge in [-0.1, -0.05) is 12.1 Å². The molecule has 0 bridgehead atoms. The van der Waals surface area contributed by atoms with Crippen LogP contribution in [0.15, 0.2) is 36.4 Å². The summed E-state index contributed by atoms with van der Waals surface area (Å²) in [4.78, 5) is 33.6. The smallest absolute Gasteiger partial charge is 0.271 e. The SMILES string of the molecule is Cc1ccc([N+](=O)[O-])cc1NC(=O)[C@H](C)N(c1cc([N+](=O)[O-])ccc1C)S(C)(=O)=O. The number of hydrogen-bond donors (Lipinski definition) is 1. The second kappa shape index (κ2) is 8.45. The van der Waals surface area contributed by atoms with Gasteiger partial charge in [-0.15, -0.1) is 0 Å². The minimum Gasteiger partial charge on any atom is -0.324 e. The zero-order valence-corrected chi connectivity index (χ0v) is 17.5. The molecule has 0 radical (unpaired) electrons. The van der Waals surface area contributed by atoms with Crippen LogP contribution < -0.4 is 9.62 Å². The van der Waals surface area contributed by atoms with Crippen LogP contribution in [0.1, 0.15) is 18.1 Å². The van der Waals surface area contributed by atoms with E-state index in [4.69, 9.17) is 0 Å². The van der Waals surface area contributed by atoms with Crippen molar-refractivity contribution in [3.63, 3.8) is 0 Å². The van der Waals surface area contributed by atoms with Crippen LogP contribution in [0.4, 0.5) is 22.7 Å². The van der Waals surface area contributed by atoms with E-state index in [0.29, 0.717) is 11.1 Å². The summed E-state index contributed by atoms with van der Waals surface area (Å²) in [5, 5.41) is 24.6. The Balaban J connectivity index is 2.47. The molecule has 0 aliphatic heterocycles. The molecule has 2 aromatic carbocycles. The molecule has 0 heterocycles. The lowest BCUT2D eigenvalue weighted by molar-refractivity contribution is -0.385. The molecule has 30 heavy (non-hydrogen) atoms. The fourth-order valence-corrected chi connectivity index (χ4v) is 4.05. The molecule has 11 nitrogen and oxygen atoms in total. The Bertz CT molecular complexity index is 1130. The topological polar surface area (TPSA) is 153 Å². The van der Waals surface area contributed by atoms with Gasteiger partial charge in [-0.05, 0) is 31.9 Å². The molecule has 0 aliphatic carbocycles. The molecule has 1 amide bonds. The summed E-state index contributed by atoms with van der Waals surface area (Å²) in [7, 11) is -4.01. The molecular weight excluding hydrogens is 416 g/mol. The third kappa shape index (κ3) is 4.89. The maximum atomic E-state index is 12.8. The van der Waals surface area contributed by atoms with E-state index in [-0.39, 0.29) is 22.7 Å². The fourth-order valence-electron chi connectivity index (χ4n) is 2.83. The Hall–Kier alpha value is -3.54. The van der Waals surface area contributed by atoms with Crippen LogP contribution in [-0.4, -0.2) is 36.5 Å². The van der Waals surface area contributed by atoms with Crippen molar-refractivity contribution in [3.05, 3.63) is 67.8 Å². The van der Waals surface area contributed by atoms with Gasteiger partial charge in [0.05, 0.1) is 27.5 Å². The molecule has 0 fully saturated rings. The number of nitrogens with one attached hydrogen (secondary N) is 1. The quantitative estimate of drug-likeness (QED) is 0.517. The zero-order valence-electron chi connectivity index (χ0n) is 16.6. The van der Waals surface area contributed by atoms with Crippen molar-refractivity contribution in [2.75, 3.05) is 15.9 Å². The first-order chi connectivity index (χ1) is 13.8. The number of nitro benzene ring substituents is 2. The van der Waals surface area contributed by atoms with Gasteiger partial charge < -0.3 is 5.32 Å². The third-order valence-corrected chi connectivity index (χ3v) is 5.65. The third-order valence-electron chi connectivity index (χ3n) is 4.42. The van der Waals surface area contributed by atoms with Crippen LogP contribution in [0.25, 0.3) is 0 Å². The predicted octanol–water partition coefficient (Wildman–Crippen LogP) is 2.91. The predicted molar refractivity (Wildman–Crippen MR) is 111 cm³/mol. The highest BCUT2D eigenvalue weighted by molar-refractivity contribution is 7.92. The van der Waals surface area contributed by atoms with Gasteiger partial charge in [0.2, 0.25) is 15.9 Å². The Morgan fingerprint density at radius 1 is 1.00 bits per heavy atom. The standard InChI is InChI=1S/C18H20N4O7S/c1-11-5-7-14(21(24)25)9-16(11)19-18(23)13(3)20(30(4,28)29)17-10-15(22(26)27)8-6-12(17)2/h5-10,13H,1-4H3,(H,19,23)/t13-/m0/s1. The van der Waals surface area contributed by atoms with Crippen LogP contribution in [0.5, 0.6) is 0 Å². The average molecular weight is 436 g/mol. The van der Waals surface area contributed by atoms with Gasteiger partial charge in [0.25, 0.3) is 11.4 Å². The average Bonchev–Trinajstić information content (AvgIpc) is 2.63. The number of carbonyl (C=O) groups excluding carboxylic acids is 1. The van der Waals surface area contributed by atoms with Gasteiger partial charge in [-0.2, -0.15) is 0 Å². The molecule has 12 heteroatoms. The van der Waals surface area contributed by atoms with Crippen molar-refractivity contribution >= 4 is 38.7 Å². The molecule has 0 saturated carbocycles. The number of non-ortho nitro benzene ring substituents is 2. The Labute approximate surface area is 172 Å². The van der Waals surface area contributed by atoms with Gasteiger partial charge >= 0.3 is 0 Å². The molecule has 160 valence electrons. The lowest BCUT2D eigenvalue weighted by Gasteiger charge is -2.29. The molecule has 2 rings (SSSR count). The van der Waals surface area contributed by atoms with E-state index >= 15 is 0 Å². The van der Waals surface area contributed by atoms with Crippen LogP contribution in [0.2, 0.25) is 0 Å². The van der Waals surface area contributed by atoms with Crippen LogP contribution in [-0.2, 0) is 14.8 Å². The van der Waals surface area contributed by atoms with E-state index in [0.717, 1.165) is 16.6 Å². The fraction of sp³-hybridized carbons (Fsp3) is 0.278. The summed E-state index contributed by atoms with van der Waals surface area (Å²) in [6.45, 7) is 4.51. The number of amides is 1. The number of aryl methyl sites for hydroxylation is 2. The van der Waals surface area contributed by atoms with Gasteiger partial charge in [0, 0.05) is 24.3 Å². The first-order valence-corrected chi connectivity index (χ1v) is 10.5. The normalized spacial score (nSPS) is 12.1. The molecule has 1 atom stereocenters. The van der Waals surface area contributed by atoms with Gasteiger partial charge in [0.15, 0.2) is 0 Å². The molecule has 0 aromatic heterocycles. The first-order valence-electron chi connectivity index (χ1n) is 8.63. The van der Waals surface area contributed by atoms with Crippen molar-refractivity contribution in [2.24, 2.45) is 0 Å². The Morgan fingerprint density at radius 2 is 1.50 bits per heavy atom.